The third kappa shape index (κ3) is 3.56. The number of nitrogens with two attached hydrogens (primary N) is 1. The summed E-state index contributed by atoms with van der Waals surface area (Å²) in [7, 11) is -2.13. The van der Waals surface area contributed by atoms with Crippen LogP contribution in [0.3, 0.4) is 0 Å². The highest BCUT2D eigenvalue weighted by Crippen LogP contribution is 2.17. The molecule has 0 saturated heterocycles. The van der Waals surface area contributed by atoms with E-state index in [9.17, 15) is 13.2 Å². The standard InChI is InChI=1S/C13H21N3O3S/c1-4-13(14,5-2)12(17)16-10-6-8-11(9-7-10)20(18,19)15-3/h6-9,15H,4-5,14H2,1-3H3,(H,16,17). The van der Waals surface area contributed by atoms with Crippen molar-refractivity contribution in [2.45, 2.75) is 37.1 Å². The first kappa shape index (κ1) is 16.6. The van der Waals surface area contributed by atoms with E-state index in [4.69, 9.17) is 5.73 Å². The Bertz CT molecular complexity index is 563. The van der Waals surface area contributed by atoms with Gasteiger partial charge in [0, 0.05) is 5.69 Å². The Labute approximate surface area is 119 Å². The predicted molar refractivity (Wildman–Crippen MR) is 78.8 cm³/mol. The van der Waals surface area contributed by atoms with Crippen LogP contribution in [0.15, 0.2) is 29.2 Å². The Hall–Kier alpha value is -1.44. The molecule has 0 radical (unpaired) electrons. The van der Waals surface area contributed by atoms with E-state index in [-0.39, 0.29) is 10.8 Å². The van der Waals surface area contributed by atoms with Crippen LogP contribution in [-0.4, -0.2) is 26.9 Å². The van der Waals surface area contributed by atoms with Crippen LogP contribution in [0.5, 0.6) is 0 Å². The summed E-state index contributed by atoms with van der Waals surface area (Å²) in [6.45, 7) is 3.71. The first-order valence-corrected chi connectivity index (χ1v) is 7.91. The highest BCUT2D eigenvalue weighted by atomic mass is 32.2. The zero-order valence-corrected chi connectivity index (χ0v) is 12.8. The van der Waals surface area contributed by atoms with Crippen molar-refractivity contribution >= 4 is 21.6 Å². The molecule has 0 aliphatic carbocycles. The van der Waals surface area contributed by atoms with Crippen molar-refractivity contribution in [1.82, 2.24) is 4.72 Å². The van der Waals surface area contributed by atoms with Crippen LogP contribution in [0.1, 0.15) is 26.7 Å². The highest BCUT2D eigenvalue weighted by molar-refractivity contribution is 7.89. The second-order valence-corrected chi connectivity index (χ2v) is 6.44. The van der Waals surface area contributed by atoms with Gasteiger partial charge in [0.1, 0.15) is 0 Å². The van der Waals surface area contributed by atoms with Gasteiger partial charge in [0.15, 0.2) is 0 Å². The number of anilines is 1. The Morgan fingerprint density at radius 3 is 2.10 bits per heavy atom. The van der Waals surface area contributed by atoms with Crippen molar-refractivity contribution < 1.29 is 13.2 Å². The minimum atomic E-state index is -3.47. The topological polar surface area (TPSA) is 101 Å². The van der Waals surface area contributed by atoms with Crippen molar-refractivity contribution in [3.63, 3.8) is 0 Å². The monoisotopic (exact) mass is 299 g/mol. The van der Waals surface area contributed by atoms with Crippen molar-refractivity contribution in [2.75, 3.05) is 12.4 Å². The number of hydrogen-bond donors (Lipinski definition) is 3. The molecule has 1 amide bonds. The third-order valence-corrected chi connectivity index (χ3v) is 4.84. The molecule has 0 fully saturated rings. The molecule has 0 aliphatic heterocycles. The lowest BCUT2D eigenvalue weighted by molar-refractivity contribution is -0.121. The van der Waals surface area contributed by atoms with Gasteiger partial charge in [-0.3, -0.25) is 4.79 Å². The van der Waals surface area contributed by atoms with Crippen LogP contribution < -0.4 is 15.8 Å². The zero-order chi connectivity index (χ0) is 15.4. The van der Waals surface area contributed by atoms with Crippen LogP contribution >= 0.6 is 0 Å². The third-order valence-electron chi connectivity index (χ3n) is 3.41. The fourth-order valence-electron chi connectivity index (χ4n) is 1.66. The molecular formula is C13H21N3O3S. The van der Waals surface area contributed by atoms with Crippen LogP contribution in [0.2, 0.25) is 0 Å². The summed E-state index contributed by atoms with van der Waals surface area (Å²) in [6.07, 6.45) is 1.06. The Morgan fingerprint density at radius 2 is 1.70 bits per heavy atom. The summed E-state index contributed by atoms with van der Waals surface area (Å²) in [5.41, 5.74) is 5.60. The lowest BCUT2D eigenvalue weighted by Crippen LogP contribution is -2.50. The second-order valence-electron chi connectivity index (χ2n) is 4.55. The SMILES string of the molecule is CCC(N)(CC)C(=O)Nc1ccc(S(=O)(=O)NC)cc1. The van der Waals surface area contributed by atoms with E-state index >= 15 is 0 Å². The van der Waals surface area contributed by atoms with Crippen molar-refractivity contribution in [3.05, 3.63) is 24.3 Å². The van der Waals surface area contributed by atoms with Crippen molar-refractivity contribution in [1.29, 1.82) is 0 Å². The maximum atomic E-state index is 12.1. The van der Waals surface area contributed by atoms with Gasteiger partial charge in [0.2, 0.25) is 15.9 Å². The summed E-state index contributed by atoms with van der Waals surface area (Å²) >= 11 is 0. The van der Waals surface area contributed by atoms with Gasteiger partial charge in [-0.15, -0.1) is 0 Å². The molecule has 1 aromatic rings. The zero-order valence-electron chi connectivity index (χ0n) is 11.9. The van der Waals surface area contributed by atoms with E-state index in [0.29, 0.717) is 18.5 Å². The van der Waals surface area contributed by atoms with Gasteiger partial charge >= 0.3 is 0 Å². The molecule has 4 N–H and O–H groups in total. The molecule has 112 valence electrons. The highest BCUT2D eigenvalue weighted by Gasteiger charge is 2.29. The molecule has 0 heterocycles. The van der Waals surface area contributed by atoms with Gasteiger partial charge in [0.05, 0.1) is 10.4 Å². The first-order valence-electron chi connectivity index (χ1n) is 6.43. The summed E-state index contributed by atoms with van der Waals surface area (Å²) < 4.78 is 25.4. The molecule has 20 heavy (non-hydrogen) atoms. The second kappa shape index (κ2) is 6.34. The molecule has 0 saturated carbocycles. The number of carbonyl (C=O) groups is 1. The molecule has 0 atom stereocenters. The largest absolute Gasteiger partial charge is 0.324 e. The lowest BCUT2D eigenvalue weighted by atomic mass is 9.93. The fourth-order valence-corrected chi connectivity index (χ4v) is 2.39. The fraction of sp³-hybridized carbons (Fsp3) is 0.462. The van der Waals surface area contributed by atoms with E-state index < -0.39 is 15.6 Å². The number of carbonyl (C=O) groups excluding carboxylic acids is 1. The predicted octanol–water partition coefficient (Wildman–Crippen LogP) is 1.05. The van der Waals surface area contributed by atoms with Crippen LogP contribution in [0.25, 0.3) is 0 Å². The molecular weight excluding hydrogens is 278 g/mol. The number of benzene rings is 1. The maximum Gasteiger partial charge on any atom is 0.244 e. The summed E-state index contributed by atoms with van der Waals surface area (Å²) in [5.74, 6) is -0.272. The lowest BCUT2D eigenvalue weighted by Gasteiger charge is -2.25. The number of rotatable bonds is 6. The molecule has 7 heteroatoms. The average Bonchev–Trinajstić information content (AvgIpc) is 2.46. The quantitative estimate of drug-likeness (QED) is 0.730. The Morgan fingerprint density at radius 1 is 1.20 bits per heavy atom. The first-order chi connectivity index (χ1) is 9.29. The molecule has 0 bridgehead atoms. The smallest absolute Gasteiger partial charge is 0.244 e. The van der Waals surface area contributed by atoms with E-state index in [1.165, 1.54) is 31.3 Å². The molecule has 6 nitrogen and oxygen atoms in total. The van der Waals surface area contributed by atoms with E-state index in [2.05, 4.69) is 10.0 Å². The minimum Gasteiger partial charge on any atom is -0.324 e. The van der Waals surface area contributed by atoms with Gasteiger partial charge in [-0.25, -0.2) is 13.1 Å². The Balaban J connectivity index is 2.89. The average molecular weight is 299 g/mol. The summed E-state index contributed by atoms with van der Waals surface area (Å²) in [6, 6.07) is 5.93. The van der Waals surface area contributed by atoms with Gasteiger partial charge in [-0.1, -0.05) is 13.8 Å². The Kier molecular flexibility index (Phi) is 5.27. The summed E-state index contributed by atoms with van der Waals surface area (Å²) in [4.78, 5) is 12.2. The molecule has 1 aromatic carbocycles. The van der Waals surface area contributed by atoms with E-state index in [0.717, 1.165) is 0 Å². The number of nitrogens with one attached hydrogen (secondary N) is 2. The van der Waals surface area contributed by atoms with Crippen LogP contribution in [0.4, 0.5) is 5.69 Å². The van der Waals surface area contributed by atoms with Gasteiger partial charge < -0.3 is 11.1 Å². The number of amides is 1. The van der Waals surface area contributed by atoms with E-state index in [1.807, 2.05) is 13.8 Å². The summed E-state index contributed by atoms with van der Waals surface area (Å²) in [5, 5.41) is 2.70. The van der Waals surface area contributed by atoms with Gasteiger partial charge in [-0.2, -0.15) is 0 Å². The number of hydrogen-bond acceptors (Lipinski definition) is 4. The molecule has 0 unspecified atom stereocenters. The molecule has 1 rings (SSSR count). The van der Waals surface area contributed by atoms with Gasteiger partial charge in [0.25, 0.3) is 0 Å². The van der Waals surface area contributed by atoms with Crippen LogP contribution in [0, 0.1) is 0 Å². The molecule has 0 aromatic heterocycles. The van der Waals surface area contributed by atoms with Gasteiger partial charge in [-0.05, 0) is 44.2 Å². The van der Waals surface area contributed by atoms with Crippen molar-refractivity contribution in [3.8, 4) is 0 Å². The van der Waals surface area contributed by atoms with E-state index in [1.54, 1.807) is 0 Å². The van der Waals surface area contributed by atoms with Crippen LogP contribution in [-0.2, 0) is 14.8 Å². The number of sulfonamides is 1. The normalized spacial score (nSPS) is 12.2. The maximum absolute atomic E-state index is 12.1. The molecule has 0 aliphatic rings. The minimum absolute atomic E-state index is 0.142. The van der Waals surface area contributed by atoms with Crippen molar-refractivity contribution in [2.24, 2.45) is 5.73 Å². The molecule has 0 spiro atoms.